The van der Waals surface area contributed by atoms with E-state index in [9.17, 15) is 4.39 Å². The minimum absolute atomic E-state index is 0.194. The Morgan fingerprint density at radius 2 is 2.21 bits per heavy atom. The lowest BCUT2D eigenvalue weighted by Gasteiger charge is -2.04. The Kier molecular flexibility index (Phi) is 4.91. The van der Waals surface area contributed by atoms with Crippen LogP contribution in [0.5, 0.6) is 0 Å². The first kappa shape index (κ1) is 11.5. The van der Waals surface area contributed by atoms with Crippen LogP contribution in [0.4, 0.5) is 4.39 Å². The van der Waals surface area contributed by atoms with Crippen LogP contribution in [0.2, 0.25) is 5.02 Å². The van der Waals surface area contributed by atoms with E-state index < -0.39 is 0 Å². The van der Waals surface area contributed by atoms with Crippen LogP contribution in [-0.4, -0.2) is 6.54 Å². The van der Waals surface area contributed by atoms with Crippen LogP contribution >= 0.6 is 11.6 Å². The summed E-state index contributed by atoms with van der Waals surface area (Å²) >= 11 is 5.65. The van der Waals surface area contributed by atoms with Gasteiger partial charge in [-0.2, -0.15) is 0 Å². The fourth-order valence-corrected chi connectivity index (χ4v) is 1.39. The van der Waals surface area contributed by atoms with E-state index in [2.05, 4.69) is 12.2 Å². The molecule has 0 radical (unpaired) electrons. The van der Waals surface area contributed by atoms with E-state index in [1.807, 2.05) is 0 Å². The molecule has 0 aliphatic heterocycles. The van der Waals surface area contributed by atoms with Crippen LogP contribution < -0.4 is 5.32 Å². The first-order valence-electron chi connectivity index (χ1n) is 4.88. The predicted octanol–water partition coefficient (Wildman–Crippen LogP) is 3.37. The molecule has 0 aliphatic carbocycles. The van der Waals surface area contributed by atoms with Crippen molar-refractivity contribution in [2.24, 2.45) is 0 Å². The summed E-state index contributed by atoms with van der Waals surface area (Å²) in [5.41, 5.74) is 1.02. The maximum absolute atomic E-state index is 12.8. The Morgan fingerprint density at radius 1 is 1.43 bits per heavy atom. The van der Waals surface area contributed by atoms with Crippen molar-refractivity contribution in [3.05, 3.63) is 34.6 Å². The highest BCUT2D eigenvalue weighted by atomic mass is 35.5. The van der Waals surface area contributed by atoms with Crippen molar-refractivity contribution in [2.45, 2.75) is 26.3 Å². The summed E-state index contributed by atoms with van der Waals surface area (Å²) in [6.45, 7) is 3.89. The van der Waals surface area contributed by atoms with E-state index in [-0.39, 0.29) is 10.8 Å². The number of rotatable bonds is 5. The van der Waals surface area contributed by atoms with Crippen LogP contribution in [0.15, 0.2) is 18.2 Å². The molecule has 0 saturated carbocycles. The van der Waals surface area contributed by atoms with Gasteiger partial charge in [-0.25, -0.2) is 4.39 Å². The predicted molar refractivity (Wildman–Crippen MR) is 58.0 cm³/mol. The van der Waals surface area contributed by atoms with Crippen molar-refractivity contribution < 1.29 is 4.39 Å². The monoisotopic (exact) mass is 215 g/mol. The molecule has 0 spiro atoms. The van der Waals surface area contributed by atoms with Gasteiger partial charge in [0, 0.05) is 6.54 Å². The number of hydrogen-bond donors (Lipinski definition) is 1. The highest BCUT2D eigenvalue weighted by Crippen LogP contribution is 2.15. The first-order chi connectivity index (χ1) is 6.74. The highest BCUT2D eigenvalue weighted by Gasteiger charge is 1.99. The van der Waals surface area contributed by atoms with E-state index in [4.69, 9.17) is 11.6 Å². The summed E-state index contributed by atoms with van der Waals surface area (Å²) in [4.78, 5) is 0. The van der Waals surface area contributed by atoms with E-state index in [1.54, 1.807) is 12.1 Å². The molecule has 0 fully saturated rings. The van der Waals surface area contributed by atoms with Gasteiger partial charge in [-0.05, 0) is 30.7 Å². The first-order valence-corrected chi connectivity index (χ1v) is 5.26. The van der Waals surface area contributed by atoms with Crippen LogP contribution in [-0.2, 0) is 6.54 Å². The molecule has 0 unspecified atom stereocenters. The normalized spacial score (nSPS) is 10.5. The molecule has 0 saturated heterocycles. The average Bonchev–Trinajstić information content (AvgIpc) is 2.18. The van der Waals surface area contributed by atoms with Crippen LogP contribution in [0.1, 0.15) is 25.3 Å². The van der Waals surface area contributed by atoms with E-state index in [1.165, 1.54) is 12.5 Å². The molecule has 1 aromatic rings. The summed E-state index contributed by atoms with van der Waals surface area (Å²) in [5, 5.41) is 3.46. The summed E-state index contributed by atoms with van der Waals surface area (Å²) in [7, 11) is 0. The molecule has 14 heavy (non-hydrogen) atoms. The largest absolute Gasteiger partial charge is 0.313 e. The van der Waals surface area contributed by atoms with Crippen molar-refractivity contribution in [3.63, 3.8) is 0 Å². The van der Waals surface area contributed by atoms with Crippen molar-refractivity contribution in [1.29, 1.82) is 0 Å². The van der Waals surface area contributed by atoms with Gasteiger partial charge >= 0.3 is 0 Å². The standard InChI is InChI=1S/C11H15ClFN/c1-2-3-6-14-8-9-4-5-11(13)10(12)7-9/h4-5,7,14H,2-3,6,8H2,1H3. The zero-order chi connectivity index (χ0) is 10.4. The Morgan fingerprint density at radius 3 is 2.86 bits per heavy atom. The number of benzene rings is 1. The van der Waals surface area contributed by atoms with Crippen LogP contribution in [0.25, 0.3) is 0 Å². The number of nitrogens with one attached hydrogen (secondary N) is 1. The van der Waals surface area contributed by atoms with Gasteiger partial charge in [-0.1, -0.05) is 31.0 Å². The second-order valence-corrected chi connectivity index (χ2v) is 3.69. The summed E-state index contributed by atoms with van der Waals surface area (Å²) < 4.78 is 12.8. The van der Waals surface area contributed by atoms with Gasteiger partial charge < -0.3 is 5.32 Å². The molecular formula is C11H15ClFN. The SMILES string of the molecule is CCCCNCc1ccc(F)c(Cl)c1. The summed E-state index contributed by atoms with van der Waals surface area (Å²) in [5.74, 6) is -0.357. The molecule has 3 heteroatoms. The third-order valence-corrected chi connectivity index (χ3v) is 2.31. The molecule has 0 aromatic heterocycles. The summed E-state index contributed by atoms with van der Waals surface area (Å²) in [6.07, 6.45) is 2.34. The topological polar surface area (TPSA) is 12.0 Å². The lowest BCUT2D eigenvalue weighted by atomic mass is 10.2. The molecule has 0 amide bonds. The van der Waals surface area contributed by atoms with E-state index in [0.717, 1.165) is 25.1 Å². The Labute approximate surface area is 89.3 Å². The lowest BCUT2D eigenvalue weighted by molar-refractivity contribution is 0.621. The van der Waals surface area contributed by atoms with Gasteiger partial charge in [-0.3, -0.25) is 0 Å². The quantitative estimate of drug-likeness (QED) is 0.743. The zero-order valence-electron chi connectivity index (χ0n) is 8.32. The van der Waals surface area contributed by atoms with Crippen LogP contribution in [0.3, 0.4) is 0 Å². The van der Waals surface area contributed by atoms with Crippen LogP contribution in [0, 0.1) is 5.82 Å². The molecule has 1 rings (SSSR count). The van der Waals surface area contributed by atoms with E-state index >= 15 is 0 Å². The molecular weight excluding hydrogens is 201 g/mol. The minimum atomic E-state index is -0.357. The maximum atomic E-state index is 12.8. The number of halogens is 2. The van der Waals surface area contributed by atoms with Gasteiger partial charge in [-0.15, -0.1) is 0 Å². The summed E-state index contributed by atoms with van der Waals surface area (Å²) in [6, 6.07) is 4.81. The van der Waals surface area contributed by atoms with Gasteiger partial charge in [0.1, 0.15) is 5.82 Å². The molecule has 1 aromatic carbocycles. The molecule has 0 aliphatic rings. The van der Waals surface area contributed by atoms with Gasteiger partial charge in [0.25, 0.3) is 0 Å². The van der Waals surface area contributed by atoms with E-state index in [0.29, 0.717) is 0 Å². The second-order valence-electron chi connectivity index (χ2n) is 3.28. The fourth-order valence-electron chi connectivity index (χ4n) is 1.18. The van der Waals surface area contributed by atoms with Crippen molar-refractivity contribution in [2.75, 3.05) is 6.54 Å². The van der Waals surface area contributed by atoms with Gasteiger partial charge in [0.05, 0.1) is 5.02 Å². The Balaban J connectivity index is 2.39. The molecule has 78 valence electrons. The molecule has 0 atom stereocenters. The highest BCUT2D eigenvalue weighted by molar-refractivity contribution is 6.30. The van der Waals surface area contributed by atoms with Crippen molar-refractivity contribution in [1.82, 2.24) is 5.32 Å². The Hall–Kier alpha value is -0.600. The fraction of sp³-hybridized carbons (Fsp3) is 0.455. The van der Waals surface area contributed by atoms with Gasteiger partial charge in [0.15, 0.2) is 0 Å². The average molecular weight is 216 g/mol. The number of hydrogen-bond acceptors (Lipinski definition) is 1. The second kappa shape index (κ2) is 5.99. The maximum Gasteiger partial charge on any atom is 0.141 e. The zero-order valence-corrected chi connectivity index (χ0v) is 9.07. The van der Waals surface area contributed by atoms with Crippen molar-refractivity contribution >= 4 is 11.6 Å². The molecule has 0 heterocycles. The third kappa shape index (κ3) is 3.64. The molecule has 0 bridgehead atoms. The molecule has 1 nitrogen and oxygen atoms in total. The number of unbranched alkanes of at least 4 members (excludes halogenated alkanes) is 1. The molecule has 1 N–H and O–H groups in total. The lowest BCUT2D eigenvalue weighted by Crippen LogP contribution is -2.14. The minimum Gasteiger partial charge on any atom is -0.313 e. The smallest absolute Gasteiger partial charge is 0.141 e. The van der Waals surface area contributed by atoms with Gasteiger partial charge in [0.2, 0.25) is 0 Å². The Bertz CT molecular complexity index is 289. The van der Waals surface area contributed by atoms with Crippen molar-refractivity contribution in [3.8, 4) is 0 Å². The third-order valence-electron chi connectivity index (χ3n) is 2.02.